The zero-order chi connectivity index (χ0) is 28.2. The second kappa shape index (κ2) is 9.87. The highest BCUT2D eigenvalue weighted by atomic mass is 16.6. The van der Waals surface area contributed by atoms with Gasteiger partial charge in [-0.1, -0.05) is 0 Å². The molecule has 0 aromatic carbocycles. The molecule has 0 radical (unpaired) electrons. The maximum absolute atomic E-state index is 13.5. The Labute approximate surface area is 234 Å². The van der Waals surface area contributed by atoms with E-state index in [0.717, 1.165) is 54.8 Å². The van der Waals surface area contributed by atoms with Gasteiger partial charge >= 0.3 is 12.1 Å². The molecule has 0 aliphatic carbocycles. The predicted octanol–water partition coefficient (Wildman–Crippen LogP) is 4.62. The lowest BCUT2D eigenvalue weighted by molar-refractivity contribution is -0.00970. The summed E-state index contributed by atoms with van der Waals surface area (Å²) in [5.74, 6) is 1.20. The van der Waals surface area contributed by atoms with E-state index in [0.29, 0.717) is 30.2 Å². The first-order valence-corrected chi connectivity index (χ1v) is 14.0. The zero-order valence-corrected chi connectivity index (χ0v) is 23.8. The van der Waals surface area contributed by atoms with E-state index in [4.69, 9.17) is 9.47 Å². The third kappa shape index (κ3) is 4.77. The number of ether oxygens (including phenoxy) is 2. The lowest BCUT2D eigenvalue weighted by Gasteiger charge is -2.50. The lowest BCUT2D eigenvalue weighted by Crippen LogP contribution is -2.63. The highest BCUT2D eigenvalue weighted by Gasteiger charge is 2.43. The molecule has 2 fully saturated rings. The Bertz CT molecular complexity index is 1450. The fourth-order valence-electron chi connectivity index (χ4n) is 6.27. The minimum Gasteiger partial charge on any atom is -0.493 e. The van der Waals surface area contributed by atoms with Crippen LogP contribution in [-0.4, -0.2) is 76.1 Å². The van der Waals surface area contributed by atoms with Crippen molar-refractivity contribution < 1.29 is 19.1 Å². The molecule has 6 rings (SSSR count). The topological polar surface area (TPSA) is 105 Å². The molecule has 11 heteroatoms. The van der Waals surface area contributed by atoms with Crippen LogP contribution in [0.1, 0.15) is 51.3 Å². The van der Waals surface area contributed by atoms with Crippen LogP contribution in [0.15, 0.2) is 30.6 Å². The van der Waals surface area contributed by atoms with Gasteiger partial charge < -0.3 is 19.7 Å². The molecule has 3 aromatic rings. The number of nitrogens with zero attached hydrogens (tertiary/aromatic N) is 6. The Morgan fingerprint density at radius 1 is 1.12 bits per heavy atom. The molecule has 1 N–H and O–H groups in total. The van der Waals surface area contributed by atoms with Crippen molar-refractivity contribution in [3.05, 3.63) is 41.9 Å². The standard InChI is InChI=1S/C29H37N7O4/c1-18-13-21-14-23(25(39-5)17-35(21)32-18)31-27(37)34-12-10-22-24(9-11-30-26(22)34)33-15-19-7-6-8-20(16-33)36(19)28(38)40-29(2,3)4/h9,11,13-14,17,19-20H,6-8,10,12,15-16H2,1-5H3,(H,31,37). The highest BCUT2D eigenvalue weighted by Crippen LogP contribution is 2.38. The molecule has 0 spiro atoms. The summed E-state index contributed by atoms with van der Waals surface area (Å²) in [4.78, 5) is 37.2. The first-order valence-electron chi connectivity index (χ1n) is 14.0. The van der Waals surface area contributed by atoms with Crippen LogP contribution in [0.25, 0.3) is 5.52 Å². The summed E-state index contributed by atoms with van der Waals surface area (Å²) >= 11 is 0. The van der Waals surface area contributed by atoms with Gasteiger partial charge in [0.15, 0.2) is 5.75 Å². The van der Waals surface area contributed by atoms with E-state index in [2.05, 4.69) is 20.3 Å². The van der Waals surface area contributed by atoms with Crippen molar-refractivity contribution in [2.24, 2.45) is 0 Å². The molecule has 2 unspecified atom stereocenters. The zero-order valence-electron chi connectivity index (χ0n) is 23.8. The van der Waals surface area contributed by atoms with Gasteiger partial charge in [-0.3, -0.25) is 9.80 Å². The number of hydrogen-bond donors (Lipinski definition) is 1. The van der Waals surface area contributed by atoms with Gasteiger partial charge in [-0.15, -0.1) is 0 Å². The quantitative estimate of drug-likeness (QED) is 0.510. The number of pyridine rings is 2. The second-order valence-electron chi connectivity index (χ2n) is 11.9. The van der Waals surface area contributed by atoms with Crippen LogP contribution in [0.3, 0.4) is 0 Å². The summed E-state index contributed by atoms with van der Waals surface area (Å²) < 4.78 is 13.0. The number of carbonyl (C=O) groups is 2. The second-order valence-corrected chi connectivity index (χ2v) is 11.9. The molecule has 3 amide bonds. The molecule has 2 atom stereocenters. The van der Waals surface area contributed by atoms with Gasteiger partial charge in [0.2, 0.25) is 0 Å². The number of carbonyl (C=O) groups excluding carboxylic acids is 2. The largest absolute Gasteiger partial charge is 0.493 e. The number of piperazine rings is 1. The van der Waals surface area contributed by atoms with Crippen LogP contribution in [0.4, 0.5) is 26.8 Å². The monoisotopic (exact) mass is 547 g/mol. The summed E-state index contributed by atoms with van der Waals surface area (Å²) in [6, 6.07) is 5.79. The summed E-state index contributed by atoms with van der Waals surface area (Å²) in [5.41, 5.74) is 3.96. The minimum absolute atomic E-state index is 0.0986. The van der Waals surface area contributed by atoms with Crippen LogP contribution < -0.4 is 19.9 Å². The van der Waals surface area contributed by atoms with Crippen LogP contribution in [0.2, 0.25) is 0 Å². The molecule has 11 nitrogen and oxygen atoms in total. The number of hydrogen-bond acceptors (Lipinski definition) is 7. The summed E-state index contributed by atoms with van der Waals surface area (Å²) in [7, 11) is 1.57. The van der Waals surface area contributed by atoms with Crippen molar-refractivity contribution in [3.8, 4) is 5.75 Å². The Balaban J connectivity index is 1.22. The molecule has 2 saturated heterocycles. The molecule has 3 aromatic heterocycles. The van der Waals surface area contributed by atoms with E-state index >= 15 is 0 Å². The van der Waals surface area contributed by atoms with E-state index in [-0.39, 0.29) is 24.2 Å². The van der Waals surface area contributed by atoms with Crippen LogP contribution in [0, 0.1) is 6.92 Å². The molecule has 40 heavy (non-hydrogen) atoms. The van der Waals surface area contributed by atoms with Crippen molar-refractivity contribution in [3.63, 3.8) is 0 Å². The number of urea groups is 1. The molecular formula is C29H37N7O4. The minimum atomic E-state index is -0.522. The summed E-state index contributed by atoms with van der Waals surface area (Å²) in [6.45, 7) is 9.66. The number of aromatic nitrogens is 3. The van der Waals surface area contributed by atoms with E-state index in [1.807, 2.05) is 50.8 Å². The van der Waals surface area contributed by atoms with Gasteiger partial charge in [-0.25, -0.2) is 19.1 Å². The first-order chi connectivity index (χ1) is 19.1. The van der Waals surface area contributed by atoms with E-state index in [1.54, 1.807) is 28.9 Å². The highest BCUT2D eigenvalue weighted by molar-refractivity contribution is 6.04. The Morgan fingerprint density at radius 2 is 1.88 bits per heavy atom. The number of piperidine rings is 1. The number of anilines is 3. The average Bonchev–Trinajstić information content (AvgIpc) is 3.48. The number of aryl methyl sites for hydroxylation is 1. The third-order valence-corrected chi connectivity index (χ3v) is 7.91. The van der Waals surface area contributed by atoms with Gasteiger partial charge in [0.1, 0.15) is 11.4 Å². The first kappa shape index (κ1) is 26.2. The SMILES string of the molecule is COc1cn2nc(C)cc2cc1NC(=O)N1CCc2c(N3CC4CCCC(C3)N4C(=O)OC(C)(C)C)ccnc21. The van der Waals surface area contributed by atoms with Gasteiger partial charge in [0.05, 0.1) is 42.3 Å². The van der Waals surface area contributed by atoms with Gasteiger partial charge in [-0.05, 0) is 71.6 Å². The van der Waals surface area contributed by atoms with Crippen molar-refractivity contribution in [2.45, 2.75) is 71.1 Å². The fourth-order valence-corrected chi connectivity index (χ4v) is 6.27. The molecule has 6 heterocycles. The van der Waals surface area contributed by atoms with Crippen molar-refractivity contribution >= 4 is 34.8 Å². The average molecular weight is 548 g/mol. The maximum atomic E-state index is 13.5. The molecule has 3 aliphatic heterocycles. The lowest BCUT2D eigenvalue weighted by atomic mass is 9.91. The summed E-state index contributed by atoms with van der Waals surface area (Å²) in [6.07, 6.45) is 7.06. The molecular weight excluding hydrogens is 510 g/mol. The van der Waals surface area contributed by atoms with Crippen molar-refractivity contribution in [1.82, 2.24) is 19.5 Å². The Morgan fingerprint density at radius 3 is 2.58 bits per heavy atom. The number of methoxy groups -OCH3 is 1. The van der Waals surface area contributed by atoms with Gasteiger partial charge in [0.25, 0.3) is 0 Å². The van der Waals surface area contributed by atoms with Crippen molar-refractivity contribution in [1.29, 1.82) is 0 Å². The fraction of sp³-hybridized carbons (Fsp3) is 0.517. The van der Waals surface area contributed by atoms with Crippen molar-refractivity contribution in [2.75, 3.05) is 41.9 Å². The normalized spacial score (nSPS) is 20.5. The predicted molar refractivity (Wildman–Crippen MR) is 152 cm³/mol. The Kier molecular flexibility index (Phi) is 6.47. The molecule has 0 saturated carbocycles. The van der Waals surface area contributed by atoms with E-state index < -0.39 is 5.60 Å². The van der Waals surface area contributed by atoms with Crippen LogP contribution >= 0.6 is 0 Å². The van der Waals surface area contributed by atoms with E-state index in [1.165, 1.54) is 0 Å². The van der Waals surface area contributed by atoms with Crippen LogP contribution in [-0.2, 0) is 11.2 Å². The number of fused-ring (bicyclic) bond motifs is 4. The summed E-state index contributed by atoms with van der Waals surface area (Å²) in [5, 5.41) is 7.45. The third-order valence-electron chi connectivity index (χ3n) is 7.91. The van der Waals surface area contributed by atoms with Crippen LogP contribution in [0.5, 0.6) is 5.75 Å². The molecule has 2 bridgehead atoms. The van der Waals surface area contributed by atoms with Gasteiger partial charge in [0, 0.05) is 37.1 Å². The molecule has 212 valence electrons. The van der Waals surface area contributed by atoms with Gasteiger partial charge in [-0.2, -0.15) is 5.10 Å². The maximum Gasteiger partial charge on any atom is 0.410 e. The number of nitrogens with one attached hydrogen (secondary N) is 1. The van der Waals surface area contributed by atoms with E-state index in [9.17, 15) is 9.59 Å². The molecule has 3 aliphatic rings. The smallest absolute Gasteiger partial charge is 0.410 e. The number of amides is 3. The Hall–Kier alpha value is -4.02. The number of rotatable bonds is 3.